The first-order valence-corrected chi connectivity index (χ1v) is 11.1. The number of hydrogen-bond acceptors (Lipinski definition) is 7. The van der Waals surface area contributed by atoms with Gasteiger partial charge in [-0.1, -0.05) is 36.4 Å². The van der Waals surface area contributed by atoms with Gasteiger partial charge >= 0.3 is 0 Å². The van der Waals surface area contributed by atoms with Crippen LogP contribution in [0.3, 0.4) is 0 Å². The fourth-order valence-electron chi connectivity index (χ4n) is 3.40. The largest absolute Gasteiger partial charge is 0.378 e. The van der Waals surface area contributed by atoms with Crippen LogP contribution in [0.25, 0.3) is 10.8 Å². The van der Waals surface area contributed by atoms with Gasteiger partial charge in [0.25, 0.3) is 15.7 Å². The van der Waals surface area contributed by atoms with Crippen LogP contribution in [-0.4, -0.2) is 45.9 Å². The van der Waals surface area contributed by atoms with Crippen molar-refractivity contribution < 1.29 is 18.1 Å². The van der Waals surface area contributed by atoms with Gasteiger partial charge in [-0.25, -0.2) is 4.83 Å². The summed E-state index contributed by atoms with van der Waals surface area (Å²) in [4.78, 5) is 15.2. The molecule has 0 spiro atoms. The lowest BCUT2D eigenvalue weighted by atomic mass is 10.1. The molecule has 1 heterocycles. The van der Waals surface area contributed by atoms with Crippen molar-refractivity contribution in [3.63, 3.8) is 0 Å². The maximum absolute atomic E-state index is 12.6. The Morgan fingerprint density at radius 2 is 1.77 bits per heavy atom. The van der Waals surface area contributed by atoms with E-state index in [0.29, 0.717) is 37.6 Å². The standard InChI is InChI=1S/C21H20N4O5S/c26-25(27)21-13-16(5-8-20(21)24-9-11-30-12-10-24)15-22-23-31(28,29)19-7-6-17-3-1-2-4-18(17)14-19/h1-8,13-15,23H,9-12H2. The number of anilines is 1. The monoisotopic (exact) mass is 440 g/mol. The van der Waals surface area contributed by atoms with E-state index in [9.17, 15) is 18.5 Å². The highest BCUT2D eigenvalue weighted by molar-refractivity contribution is 7.89. The minimum Gasteiger partial charge on any atom is -0.378 e. The van der Waals surface area contributed by atoms with Gasteiger partial charge in [-0.3, -0.25) is 10.1 Å². The molecule has 0 bridgehead atoms. The van der Waals surface area contributed by atoms with E-state index in [4.69, 9.17) is 4.74 Å². The third-order valence-corrected chi connectivity index (χ3v) is 6.19. The fourth-order valence-corrected chi connectivity index (χ4v) is 4.22. The number of morpholine rings is 1. The average molecular weight is 440 g/mol. The zero-order valence-electron chi connectivity index (χ0n) is 16.5. The molecule has 1 aliphatic rings. The number of fused-ring (bicyclic) bond motifs is 1. The molecule has 1 N–H and O–H groups in total. The summed E-state index contributed by atoms with van der Waals surface area (Å²) in [6.45, 7) is 2.16. The molecule has 0 aliphatic carbocycles. The molecule has 31 heavy (non-hydrogen) atoms. The van der Waals surface area contributed by atoms with Gasteiger partial charge in [0.2, 0.25) is 0 Å². The van der Waals surface area contributed by atoms with Crippen LogP contribution in [0.1, 0.15) is 5.56 Å². The zero-order chi connectivity index (χ0) is 21.8. The van der Waals surface area contributed by atoms with Crippen LogP contribution >= 0.6 is 0 Å². The molecule has 4 rings (SSSR count). The first kappa shape index (κ1) is 20.8. The molecule has 0 unspecified atom stereocenters. The van der Waals surface area contributed by atoms with E-state index in [2.05, 4.69) is 9.93 Å². The Morgan fingerprint density at radius 1 is 1.03 bits per heavy atom. The lowest BCUT2D eigenvalue weighted by Gasteiger charge is -2.28. The van der Waals surface area contributed by atoms with Crippen LogP contribution in [0.2, 0.25) is 0 Å². The van der Waals surface area contributed by atoms with Crippen molar-refractivity contribution in [2.75, 3.05) is 31.2 Å². The second kappa shape index (κ2) is 8.70. The minimum absolute atomic E-state index is 0.0664. The summed E-state index contributed by atoms with van der Waals surface area (Å²) in [7, 11) is -3.88. The molecule has 0 atom stereocenters. The Labute approximate surface area is 179 Å². The normalized spacial score (nSPS) is 14.8. The van der Waals surface area contributed by atoms with Gasteiger partial charge in [0.15, 0.2) is 0 Å². The van der Waals surface area contributed by atoms with Gasteiger partial charge in [0.1, 0.15) is 5.69 Å². The Balaban J connectivity index is 1.53. The summed E-state index contributed by atoms with van der Waals surface area (Å²) in [6.07, 6.45) is 1.24. The van der Waals surface area contributed by atoms with Gasteiger partial charge in [-0.15, -0.1) is 0 Å². The molecule has 0 radical (unpaired) electrons. The van der Waals surface area contributed by atoms with Gasteiger partial charge in [-0.05, 0) is 29.0 Å². The van der Waals surface area contributed by atoms with Crippen LogP contribution in [-0.2, 0) is 14.8 Å². The molecule has 0 amide bonds. The summed E-state index contributed by atoms with van der Waals surface area (Å²) < 4.78 is 30.4. The number of hydrazone groups is 1. The minimum atomic E-state index is -3.88. The molecular formula is C21H20N4O5S. The summed E-state index contributed by atoms with van der Waals surface area (Å²) in [6, 6.07) is 16.9. The maximum atomic E-state index is 12.6. The highest BCUT2D eigenvalue weighted by Gasteiger charge is 2.21. The molecule has 0 aromatic heterocycles. The van der Waals surface area contributed by atoms with Crippen LogP contribution in [0, 0.1) is 10.1 Å². The van der Waals surface area contributed by atoms with Gasteiger partial charge in [0.05, 0.1) is 29.2 Å². The molecule has 1 fully saturated rings. The molecule has 1 aliphatic heterocycles. The molecule has 3 aromatic carbocycles. The number of nitrogens with one attached hydrogen (secondary N) is 1. The van der Waals surface area contributed by atoms with Crippen molar-refractivity contribution in [3.8, 4) is 0 Å². The third kappa shape index (κ3) is 4.65. The fraction of sp³-hybridized carbons (Fsp3) is 0.190. The van der Waals surface area contributed by atoms with Gasteiger partial charge < -0.3 is 9.64 Å². The van der Waals surface area contributed by atoms with Crippen LogP contribution in [0.4, 0.5) is 11.4 Å². The molecule has 10 heteroatoms. The quantitative estimate of drug-likeness (QED) is 0.358. The Bertz CT molecular complexity index is 1250. The Kier molecular flexibility index (Phi) is 5.83. The van der Waals surface area contributed by atoms with E-state index in [1.54, 1.807) is 24.3 Å². The smallest absolute Gasteiger partial charge is 0.293 e. The van der Waals surface area contributed by atoms with Gasteiger partial charge in [-0.2, -0.15) is 13.5 Å². The summed E-state index contributed by atoms with van der Waals surface area (Å²) >= 11 is 0. The van der Waals surface area contributed by atoms with Crippen LogP contribution in [0.5, 0.6) is 0 Å². The summed E-state index contributed by atoms with van der Waals surface area (Å²) in [5, 5.41) is 17.1. The number of ether oxygens (including phenoxy) is 1. The van der Waals surface area contributed by atoms with Crippen LogP contribution < -0.4 is 9.73 Å². The topological polar surface area (TPSA) is 114 Å². The Hall–Kier alpha value is -3.50. The van der Waals surface area contributed by atoms with E-state index >= 15 is 0 Å². The van der Waals surface area contributed by atoms with Gasteiger partial charge in [0, 0.05) is 24.7 Å². The highest BCUT2D eigenvalue weighted by atomic mass is 32.2. The number of rotatable bonds is 6. The predicted octanol–water partition coefficient (Wildman–Crippen LogP) is 2.90. The molecule has 9 nitrogen and oxygen atoms in total. The number of nitro groups is 1. The highest BCUT2D eigenvalue weighted by Crippen LogP contribution is 2.29. The Morgan fingerprint density at radius 3 is 2.52 bits per heavy atom. The molecule has 160 valence electrons. The number of sulfonamides is 1. The summed E-state index contributed by atoms with van der Waals surface area (Å²) in [5.41, 5.74) is 0.843. The third-order valence-electron chi connectivity index (χ3n) is 4.97. The number of hydrogen-bond donors (Lipinski definition) is 1. The van der Waals surface area contributed by atoms with Crippen molar-refractivity contribution >= 4 is 38.4 Å². The second-order valence-electron chi connectivity index (χ2n) is 6.97. The van der Waals surface area contributed by atoms with Crippen molar-refractivity contribution in [2.45, 2.75) is 4.90 Å². The number of benzene rings is 3. The zero-order valence-corrected chi connectivity index (χ0v) is 17.3. The van der Waals surface area contributed by atoms with E-state index in [0.717, 1.165) is 10.8 Å². The van der Waals surface area contributed by atoms with E-state index in [1.165, 1.54) is 18.3 Å². The van der Waals surface area contributed by atoms with Crippen LogP contribution in [0.15, 0.2) is 70.7 Å². The van der Waals surface area contributed by atoms with Crippen molar-refractivity contribution in [1.82, 2.24) is 4.83 Å². The first-order chi connectivity index (χ1) is 14.9. The van der Waals surface area contributed by atoms with E-state index in [-0.39, 0.29) is 10.6 Å². The SMILES string of the molecule is O=[N+]([O-])c1cc(C=NNS(=O)(=O)c2ccc3ccccc3c2)ccc1N1CCOCC1. The van der Waals surface area contributed by atoms with Crippen molar-refractivity contribution in [3.05, 3.63) is 76.3 Å². The number of nitro benzene ring substituents is 1. The van der Waals surface area contributed by atoms with E-state index in [1.807, 2.05) is 29.2 Å². The second-order valence-corrected chi connectivity index (χ2v) is 8.63. The van der Waals surface area contributed by atoms with Crippen molar-refractivity contribution in [2.24, 2.45) is 5.10 Å². The predicted molar refractivity (Wildman–Crippen MR) is 118 cm³/mol. The molecule has 3 aromatic rings. The lowest BCUT2D eigenvalue weighted by Crippen LogP contribution is -2.36. The van der Waals surface area contributed by atoms with E-state index < -0.39 is 14.9 Å². The molecular weight excluding hydrogens is 420 g/mol. The first-order valence-electron chi connectivity index (χ1n) is 9.59. The molecule has 1 saturated heterocycles. The lowest BCUT2D eigenvalue weighted by molar-refractivity contribution is -0.384. The molecule has 0 saturated carbocycles. The average Bonchev–Trinajstić information content (AvgIpc) is 2.79. The van der Waals surface area contributed by atoms with Crippen molar-refractivity contribution in [1.29, 1.82) is 0 Å². The summed E-state index contributed by atoms with van der Waals surface area (Å²) in [5.74, 6) is 0. The number of nitrogens with zero attached hydrogens (tertiary/aromatic N) is 3. The maximum Gasteiger partial charge on any atom is 0.293 e.